The number of likely N-dealkylation sites (tertiary alicyclic amines) is 1. The highest BCUT2D eigenvalue weighted by Gasteiger charge is 2.51. The Morgan fingerprint density at radius 1 is 1.33 bits per heavy atom. The molecule has 2 rings (SSSR count). The van der Waals surface area contributed by atoms with E-state index in [9.17, 15) is 4.79 Å². The van der Waals surface area contributed by atoms with Crippen LogP contribution in [-0.4, -0.2) is 58.7 Å². The summed E-state index contributed by atoms with van der Waals surface area (Å²) in [6.45, 7) is 12.3. The summed E-state index contributed by atoms with van der Waals surface area (Å²) in [5, 5.41) is 7.89. The first-order valence-corrected chi connectivity index (χ1v) is 9.96. The molecule has 2 fully saturated rings. The number of piperidine rings is 1. The zero-order valence-electron chi connectivity index (χ0n) is 15.7. The first-order valence-electron chi connectivity index (χ1n) is 9.55. The van der Waals surface area contributed by atoms with Crippen LogP contribution < -0.4 is 10.6 Å². The molecule has 0 unspecified atom stereocenters. The number of hydrogen-bond donors (Lipinski definition) is 2. The van der Waals surface area contributed by atoms with E-state index in [1.165, 1.54) is 0 Å². The van der Waals surface area contributed by atoms with E-state index in [1.807, 2.05) is 0 Å². The predicted molar refractivity (Wildman–Crippen MR) is 103 cm³/mol. The van der Waals surface area contributed by atoms with Gasteiger partial charge in [-0.2, -0.15) is 0 Å². The summed E-state index contributed by atoms with van der Waals surface area (Å²) in [7, 11) is 0. The third-order valence-corrected chi connectivity index (χ3v) is 5.48. The first-order chi connectivity index (χ1) is 11.4. The molecule has 2 heterocycles. The quantitative estimate of drug-likeness (QED) is 0.717. The van der Waals surface area contributed by atoms with Crippen LogP contribution in [0.25, 0.3) is 0 Å². The van der Waals surface area contributed by atoms with Crippen LogP contribution in [0.2, 0.25) is 0 Å². The van der Waals surface area contributed by atoms with Gasteiger partial charge in [0.25, 0.3) is 0 Å². The Bertz CT molecular complexity index is 446. The van der Waals surface area contributed by atoms with Crippen molar-refractivity contribution < 1.29 is 4.79 Å². The molecule has 0 aromatic rings. The second-order valence-electron chi connectivity index (χ2n) is 7.57. The first kappa shape index (κ1) is 19.4. The molecule has 1 spiro atoms. The third-order valence-electron chi connectivity index (χ3n) is 5.08. The van der Waals surface area contributed by atoms with Crippen molar-refractivity contribution in [2.24, 2.45) is 5.92 Å². The van der Waals surface area contributed by atoms with Gasteiger partial charge in [-0.05, 0) is 37.4 Å². The number of nitrogens with one attached hydrogen (secondary N) is 2. The summed E-state index contributed by atoms with van der Waals surface area (Å²) in [6, 6.07) is -0.0201. The SMILES string of the molecule is CCCNC(=S)N1CCC2(CC1)N[C@@H](CC(C)C)C(=O)N2CCC. The maximum atomic E-state index is 12.9. The summed E-state index contributed by atoms with van der Waals surface area (Å²) in [5.41, 5.74) is -0.163. The lowest BCUT2D eigenvalue weighted by molar-refractivity contribution is -0.133. The molecule has 0 saturated carbocycles. The molecular weight excluding hydrogens is 320 g/mol. The van der Waals surface area contributed by atoms with Crippen LogP contribution in [0.5, 0.6) is 0 Å². The molecule has 138 valence electrons. The van der Waals surface area contributed by atoms with E-state index in [4.69, 9.17) is 12.2 Å². The van der Waals surface area contributed by atoms with E-state index < -0.39 is 0 Å². The van der Waals surface area contributed by atoms with Crippen molar-refractivity contribution in [3.63, 3.8) is 0 Å². The molecule has 2 aliphatic heterocycles. The second kappa shape index (κ2) is 8.48. The summed E-state index contributed by atoms with van der Waals surface area (Å²) < 4.78 is 0. The maximum Gasteiger partial charge on any atom is 0.241 e. The molecule has 2 N–H and O–H groups in total. The highest BCUT2D eigenvalue weighted by molar-refractivity contribution is 7.80. The normalized spacial score (nSPS) is 23.4. The molecule has 0 bridgehead atoms. The fraction of sp³-hybridized carbons (Fsp3) is 0.889. The predicted octanol–water partition coefficient (Wildman–Crippen LogP) is 2.32. The van der Waals surface area contributed by atoms with Gasteiger partial charge >= 0.3 is 0 Å². The Kier molecular flexibility index (Phi) is 6.87. The molecule has 0 radical (unpaired) electrons. The lowest BCUT2D eigenvalue weighted by Gasteiger charge is -2.45. The monoisotopic (exact) mass is 354 g/mol. The molecule has 6 heteroatoms. The van der Waals surface area contributed by atoms with E-state index in [2.05, 4.69) is 48.1 Å². The molecule has 2 saturated heterocycles. The zero-order valence-corrected chi connectivity index (χ0v) is 16.5. The van der Waals surface area contributed by atoms with Crippen molar-refractivity contribution in [1.82, 2.24) is 20.4 Å². The molecule has 0 aromatic heterocycles. The maximum absolute atomic E-state index is 12.9. The lowest BCUT2D eigenvalue weighted by atomic mass is 9.95. The largest absolute Gasteiger partial charge is 0.363 e. The van der Waals surface area contributed by atoms with Crippen molar-refractivity contribution >= 4 is 23.2 Å². The summed E-state index contributed by atoms with van der Waals surface area (Å²) >= 11 is 5.50. The average Bonchev–Trinajstić information content (AvgIpc) is 2.78. The van der Waals surface area contributed by atoms with Gasteiger partial charge in [0.05, 0.1) is 11.7 Å². The topological polar surface area (TPSA) is 47.6 Å². The molecule has 0 aromatic carbocycles. The third kappa shape index (κ3) is 4.20. The number of nitrogens with zero attached hydrogens (tertiary/aromatic N) is 2. The van der Waals surface area contributed by atoms with Crippen molar-refractivity contribution in [1.29, 1.82) is 0 Å². The van der Waals surface area contributed by atoms with Crippen LogP contribution in [0.1, 0.15) is 59.8 Å². The summed E-state index contributed by atoms with van der Waals surface area (Å²) in [6.07, 6.45) is 4.89. The minimum Gasteiger partial charge on any atom is -0.363 e. The number of thiocarbonyl (C=S) groups is 1. The van der Waals surface area contributed by atoms with Gasteiger partial charge in [0.2, 0.25) is 5.91 Å². The highest BCUT2D eigenvalue weighted by Crippen LogP contribution is 2.34. The Hall–Kier alpha value is -0.880. The van der Waals surface area contributed by atoms with E-state index >= 15 is 0 Å². The Labute approximate surface area is 152 Å². The molecule has 2 aliphatic rings. The van der Waals surface area contributed by atoms with Crippen molar-refractivity contribution in [3.05, 3.63) is 0 Å². The van der Waals surface area contributed by atoms with E-state index in [0.717, 1.165) is 63.4 Å². The van der Waals surface area contributed by atoms with Gasteiger partial charge in [0, 0.05) is 39.0 Å². The van der Waals surface area contributed by atoms with Crippen LogP contribution in [0.4, 0.5) is 0 Å². The van der Waals surface area contributed by atoms with Crippen LogP contribution >= 0.6 is 12.2 Å². The van der Waals surface area contributed by atoms with Gasteiger partial charge in [-0.25, -0.2) is 0 Å². The van der Waals surface area contributed by atoms with Gasteiger partial charge in [0.1, 0.15) is 0 Å². The van der Waals surface area contributed by atoms with Crippen molar-refractivity contribution in [3.8, 4) is 0 Å². The van der Waals surface area contributed by atoms with Crippen molar-refractivity contribution in [2.45, 2.75) is 71.5 Å². The highest BCUT2D eigenvalue weighted by atomic mass is 32.1. The average molecular weight is 355 g/mol. The minimum absolute atomic E-state index is 0.0201. The number of rotatable bonds is 6. The van der Waals surface area contributed by atoms with Crippen LogP contribution in [0, 0.1) is 5.92 Å². The van der Waals surface area contributed by atoms with Gasteiger partial charge < -0.3 is 15.1 Å². The van der Waals surface area contributed by atoms with Crippen LogP contribution in [0.15, 0.2) is 0 Å². The molecule has 0 aliphatic carbocycles. The Morgan fingerprint density at radius 2 is 2.00 bits per heavy atom. The fourth-order valence-electron chi connectivity index (χ4n) is 3.88. The number of amides is 1. The van der Waals surface area contributed by atoms with E-state index in [0.29, 0.717) is 11.8 Å². The minimum atomic E-state index is -0.163. The standard InChI is InChI=1S/C18H34N4OS/c1-5-9-19-17(24)21-11-7-18(8-12-21)20-15(13-14(3)4)16(23)22(18)10-6-2/h14-15,20H,5-13H2,1-4H3,(H,19,24)/t15-/m0/s1. The molecule has 5 nitrogen and oxygen atoms in total. The zero-order chi connectivity index (χ0) is 17.7. The lowest BCUT2D eigenvalue weighted by Crippen LogP contribution is -2.60. The molecule has 1 atom stereocenters. The van der Waals surface area contributed by atoms with Crippen LogP contribution in [-0.2, 0) is 4.79 Å². The molecule has 1 amide bonds. The van der Waals surface area contributed by atoms with E-state index in [-0.39, 0.29) is 11.7 Å². The number of hydrogen-bond acceptors (Lipinski definition) is 3. The molecule has 24 heavy (non-hydrogen) atoms. The smallest absolute Gasteiger partial charge is 0.241 e. The second-order valence-corrected chi connectivity index (χ2v) is 7.95. The van der Waals surface area contributed by atoms with Gasteiger partial charge in [-0.15, -0.1) is 0 Å². The van der Waals surface area contributed by atoms with Crippen molar-refractivity contribution in [2.75, 3.05) is 26.2 Å². The Balaban J connectivity index is 2.03. The van der Waals surface area contributed by atoms with Gasteiger partial charge in [-0.3, -0.25) is 10.1 Å². The number of carbonyl (C=O) groups is 1. The van der Waals surface area contributed by atoms with Gasteiger partial charge in [0.15, 0.2) is 5.11 Å². The number of carbonyl (C=O) groups excluding carboxylic acids is 1. The van der Waals surface area contributed by atoms with E-state index in [1.54, 1.807) is 0 Å². The summed E-state index contributed by atoms with van der Waals surface area (Å²) in [5.74, 6) is 0.821. The fourth-order valence-corrected chi connectivity index (χ4v) is 4.16. The summed E-state index contributed by atoms with van der Waals surface area (Å²) in [4.78, 5) is 17.2. The van der Waals surface area contributed by atoms with Gasteiger partial charge in [-0.1, -0.05) is 27.7 Å². The Morgan fingerprint density at radius 3 is 2.54 bits per heavy atom. The molecular formula is C18H34N4OS. The van der Waals surface area contributed by atoms with Crippen LogP contribution in [0.3, 0.4) is 0 Å².